The van der Waals surface area contributed by atoms with Crippen LogP contribution < -0.4 is 10.6 Å². The second-order valence-electron chi connectivity index (χ2n) is 13.3. The minimum Gasteiger partial charge on any atom is -0.458 e. The van der Waals surface area contributed by atoms with Crippen molar-refractivity contribution in [1.82, 2.24) is 20.6 Å². The third kappa shape index (κ3) is 5.69. The van der Waals surface area contributed by atoms with Gasteiger partial charge in [-0.1, -0.05) is 48.5 Å². The molecule has 13 nitrogen and oxygen atoms in total. The third-order valence-electron chi connectivity index (χ3n) is 9.96. The van der Waals surface area contributed by atoms with Gasteiger partial charge in [-0.05, 0) is 28.3 Å². The molecule has 7 rings (SSSR count). The van der Waals surface area contributed by atoms with Crippen LogP contribution in [0.1, 0.15) is 35.1 Å². The molecule has 6 atom stereocenters. The van der Waals surface area contributed by atoms with Crippen molar-refractivity contribution in [1.29, 1.82) is 0 Å². The number of hydrogen-bond acceptors (Lipinski definition) is 10. The Morgan fingerprint density at radius 1 is 1.00 bits per heavy atom. The van der Waals surface area contributed by atoms with Crippen LogP contribution in [-0.4, -0.2) is 109 Å². The van der Waals surface area contributed by atoms with E-state index in [2.05, 4.69) is 10.6 Å². The molecule has 1 saturated carbocycles. The molecular formula is C35H40N4O9. The van der Waals surface area contributed by atoms with Gasteiger partial charge in [0, 0.05) is 58.9 Å². The van der Waals surface area contributed by atoms with Crippen LogP contribution in [0.25, 0.3) is 6.08 Å². The van der Waals surface area contributed by atoms with Gasteiger partial charge in [-0.25, -0.2) is 0 Å². The Kier molecular flexibility index (Phi) is 8.58. The molecule has 0 unspecified atom stereocenters. The number of carbonyl (C=O) groups excluding carboxylic acids is 4. The number of likely N-dealkylation sites (N-methyl/N-ethyl adjacent to an activating group) is 1. The van der Waals surface area contributed by atoms with Gasteiger partial charge in [-0.3, -0.25) is 24.0 Å². The Bertz CT molecular complexity index is 1600. The van der Waals surface area contributed by atoms with Gasteiger partial charge >= 0.3 is 5.97 Å². The van der Waals surface area contributed by atoms with Gasteiger partial charge in [0.05, 0.1) is 13.2 Å². The molecule has 2 aromatic rings. The predicted molar refractivity (Wildman–Crippen MR) is 169 cm³/mol. The summed E-state index contributed by atoms with van der Waals surface area (Å²) in [6.07, 6.45) is 1.54. The highest BCUT2D eigenvalue weighted by Crippen LogP contribution is 2.58. The van der Waals surface area contributed by atoms with Crippen LogP contribution in [0.4, 0.5) is 0 Å². The molecule has 0 radical (unpaired) electrons. The van der Waals surface area contributed by atoms with Gasteiger partial charge in [0.15, 0.2) is 11.8 Å². The van der Waals surface area contributed by atoms with Crippen molar-refractivity contribution in [3.05, 3.63) is 76.9 Å². The highest BCUT2D eigenvalue weighted by atomic mass is 16.8. The zero-order chi connectivity index (χ0) is 33.6. The van der Waals surface area contributed by atoms with E-state index in [1.165, 1.54) is 16.0 Å². The number of aliphatic hydroxyl groups is 1. The molecule has 2 aromatic carbocycles. The maximum absolute atomic E-state index is 14.3. The number of esters is 1. The summed E-state index contributed by atoms with van der Waals surface area (Å²) in [6.45, 7) is 0.144. The smallest absolute Gasteiger partial charge is 0.327 e. The van der Waals surface area contributed by atoms with Crippen LogP contribution in [-0.2, 0) is 57.6 Å². The third-order valence-corrected chi connectivity index (χ3v) is 9.96. The first-order chi connectivity index (χ1) is 23.1. The molecule has 13 heteroatoms. The summed E-state index contributed by atoms with van der Waals surface area (Å²) >= 11 is 0. The number of benzene rings is 2. The van der Waals surface area contributed by atoms with Crippen molar-refractivity contribution in [2.75, 3.05) is 33.8 Å². The molecule has 0 aromatic heterocycles. The van der Waals surface area contributed by atoms with Gasteiger partial charge < -0.3 is 34.9 Å². The Hall–Kier alpha value is -4.14. The molecular weight excluding hydrogens is 620 g/mol. The number of nitrogens with one attached hydrogen (secondary N) is 2. The van der Waals surface area contributed by atoms with Crippen LogP contribution in [0.15, 0.2) is 54.6 Å². The highest BCUT2D eigenvalue weighted by molar-refractivity contribution is 5.94. The molecule has 2 aliphatic carbocycles. The summed E-state index contributed by atoms with van der Waals surface area (Å²) in [5, 5.41) is 16.0. The number of fused-ring (bicyclic) bond motifs is 5. The maximum Gasteiger partial charge on any atom is 0.327 e. The van der Waals surface area contributed by atoms with E-state index >= 15 is 0 Å². The van der Waals surface area contributed by atoms with Crippen LogP contribution in [0.3, 0.4) is 0 Å². The Labute approximate surface area is 278 Å². The van der Waals surface area contributed by atoms with E-state index in [1.54, 1.807) is 20.2 Å². The van der Waals surface area contributed by atoms with Crippen LogP contribution in [0.5, 0.6) is 0 Å². The van der Waals surface area contributed by atoms with Crippen LogP contribution >= 0.6 is 0 Å². The lowest BCUT2D eigenvalue weighted by atomic mass is 9.62. The van der Waals surface area contributed by atoms with Crippen molar-refractivity contribution >= 4 is 29.8 Å². The molecule has 3 aliphatic heterocycles. The Balaban J connectivity index is 1.16. The number of hydroxylamine groups is 2. The maximum atomic E-state index is 14.3. The second-order valence-corrected chi connectivity index (χ2v) is 13.3. The lowest BCUT2D eigenvalue weighted by Crippen LogP contribution is -2.69. The molecule has 48 heavy (non-hydrogen) atoms. The standard InChI is InChI=1S/C35H40N4O9/c1-38(2)27(42)12-11-21-7-9-22(10-8-21)20-39-30-32(43)45-25-19-35(30,33(44)37-14-13-26(41)36-15-16-40)31(48-39)29-28(25)46-34(47-29)17-23-5-3-4-6-24(23)18-34/h3-12,25,28-31,40H,13-20H2,1-2H3,(H,36,41)(H,37,44)/t25-,28+,29+,30+,31-,35+/m1/s1. The molecule has 3 heterocycles. The number of carbonyl (C=O) groups is 4. The normalized spacial score (nSPS) is 29.4. The van der Waals surface area contributed by atoms with E-state index in [1.807, 2.05) is 48.5 Å². The Morgan fingerprint density at radius 2 is 1.71 bits per heavy atom. The van der Waals surface area contributed by atoms with E-state index in [9.17, 15) is 19.2 Å². The van der Waals surface area contributed by atoms with Crippen molar-refractivity contribution in [3.63, 3.8) is 0 Å². The fourth-order valence-electron chi connectivity index (χ4n) is 7.73. The highest BCUT2D eigenvalue weighted by Gasteiger charge is 2.76. The largest absolute Gasteiger partial charge is 0.458 e. The summed E-state index contributed by atoms with van der Waals surface area (Å²) < 4.78 is 19.4. The lowest BCUT2D eigenvalue weighted by molar-refractivity contribution is -0.217. The van der Waals surface area contributed by atoms with Crippen molar-refractivity contribution in [2.45, 2.75) is 68.5 Å². The van der Waals surface area contributed by atoms with Gasteiger partial charge in [-0.15, -0.1) is 0 Å². The second kappa shape index (κ2) is 12.7. The van der Waals surface area contributed by atoms with Crippen LogP contribution in [0, 0.1) is 5.41 Å². The molecule has 254 valence electrons. The molecule has 1 spiro atoms. The molecule has 2 bridgehead atoms. The van der Waals surface area contributed by atoms with Crippen molar-refractivity contribution in [3.8, 4) is 0 Å². The fraction of sp³-hybridized carbons (Fsp3) is 0.486. The Morgan fingerprint density at radius 3 is 2.40 bits per heavy atom. The molecule has 5 aliphatic rings. The molecule has 3 N–H and O–H groups in total. The van der Waals surface area contributed by atoms with Gasteiger partial charge in [0.2, 0.25) is 17.7 Å². The molecule has 3 amide bonds. The topological polar surface area (TPSA) is 156 Å². The van der Waals surface area contributed by atoms with E-state index in [0.717, 1.165) is 22.3 Å². The fourth-order valence-corrected chi connectivity index (χ4v) is 7.73. The first-order valence-electron chi connectivity index (χ1n) is 16.3. The first-order valence-corrected chi connectivity index (χ1v) is 16.3. The van der Waals surface area contributed by atoms with E-state index < -0.39 is 53.5 Å². The SMILES string of the molecule is CN(C)C(=O)C=Cc1ccc(CN2O[C@@H]3[C@H]4OC5(Cc6ccccc6C5)O[C@H]4[C@H]4C[C@]3(C(=O)NCCC(=O)NCCO)[C@@H]2C(=O)O4)cc1. The summed E-state index contributed by atoms with van der Waals surface area (Å²) in [6, 6.07) is 14.5. The number of amides is 3. The van der Waals surface area contributed by atoms with Crippen molar-refractivity contribution < 1.29 is 43.3 Å². The average Bonchev–Trinajstić information content (AvgIpc) is 3.74. The summed E-state index contributed by atoms with van der Waals surface area (Å²) in [5.41, 5.74) is 2.53. The van der Waals surface area contributed by atoms with Gasteiger partial charge in [0.25, 0.3) is 0 Å². The van der Waals surface area contributed by atoms with Gasteiger partial charge in [0.1, 0.15) is 29.8 Å². The quantitative estimate of drug-likeness (QED) is 0.242. The number of rotatable bonds is 10. The summed E-state index contributed by atoms with van der Waals surface area (Å²) in [7, 11) is 3.37. The number of hydrogen-bond donors (Lipinski definition) is 3. The number of ether oxygens (including phenoxy) is 3. The molecule has 4 fully saturated rings. The van der Waals surface area contributed by atoms with E-state index in [0.29, 0.717) is 12.8 Å². The summed E-state index contributed by atoms with van der Waals surface area (Å²) in [4.78, 5) is 60.4. The number of nitrogens with zero attached hydrogens (tertiary/aromatic N) is 2. The zero-order valence-corrected chi connectivity index (χ0v) is 26.9. The minimum absolute atomic E-state index is 0.00354. The van der Waals surface area contributed by atoms with Crippen LogP contribution in [0.2, 0.25) is 0 Å². The summed E-state index contributed by atoms with van der Waals surface area (Å²) in [5.74, 6) is -2.40. The number of aliphatic hydroxyl groups excluding tert-OH is 1. The average molecular weight is 661 g/mol. The minimum atomic E-state index is -1.36. The van der Waals surface area contributed by atoms with E-state index in [4.69, 9.17) is 24.2 Å². The molecule has 3 saturated heterocycles. The predicted octanol–water partition coefficient (Wildman–Crippen LogP) is 0.482. The van der Waals surface area contributed by atoms with Gasteiger partial charge in [-0.2, -0.15) is 5.06 Å². The van der Waals surface area contributed by atoms with Crippen molar-refractivity contribution in [2.24, 2.45) is 5.41 Å². The van der Waals surface area contributed by atoms with E-state index in [-0.39, 0.29) is 50.9 Å². The lowest BCUT2D eigenvalue weighted by Gasteiger charge is -2.48. The monoisotopic (exact) mass is 660 g/mol. The zero-order valence-electron chi connectivity index (χ0n) is 26.9. The first kappa shape index (κ1) is 32.4.